The minimum Gasteiger partial charge on any atom is -0.391 e. The predicted molar refractivity (Wildman–Crippen MR) is 81.9 cm³/mol. The van der Waals surface area contributed by atoms with Crippen LogP contribution in [0.3, 0.4) is 0 Å². The largest absolute Gasteiger partial charge is 0.391 e. The number of rotatable bonds is 6. The van der Waals surface area contributed by atoms with Crippen LogP contribution in [-0.2, 0) is 16.0 Å². The van der Waals surface area contributed by atoms with Crippen molar-refractivity contribution in [1.29, 1.82) is 0 Å². The van der Waals surface area contributed by atoms with Crippen molar-refractivity contribution in [2.24, 2.45) is 5.92 Å². The molecule has 0 bridgehead atoms. The Kier molecular flexibility index (Phi) is 5.91. The fourth-order valence-electron chi connectivity index (χ4n) is 3.10. The number of hydrogen-bond acceptors (Lipinski definition) is 3. The first-order valence-corrected chi connectivity index (χ1v) is 7.70. The number of benzene rings is 1. The maximum Gasteiger partial charge on any atom is 0.223 e. The number of hydrogen-bond donors (Lipinski definition) is 1. The molecule has 1 amide bonds. The van der Waals surface area contributed by atoms with Crippen molar-refractivity contribution in [3.05, 3.63) is 35.6 Å². The molecule has 0 radical (unpaired) electrons. The number of aliphatic hydroxyl groups is 1. The van der Waals surface area contributed by atoms with Crippen LogP contribution in [0.25, 0.3) is 0 Å². The van der Waals surface area contributed by atoms with Gasteiger partial charge in [-0.25, -0.2) is 4.39 Å². The highest BCUT2D eigenvalue weighted by molar-refractivity contribution is 5.77. The molecule has 0 spiro atoms. The molecule has 1 fully saturated rings. The molecule has 4 nitrogen and oxygen atoms in total. The maximum absolute atomic E-state index is 13.2. The zero-order valence-electron chi connectivity index (χ0n) is 13.2. The number of ether oxygens (including phenoxy) is 1. The number of carbonyl (C=O) groups excluding carboxylic acids is 1. The molecular weight excluding hydrogens is 285 g/mol. The molecule has 1 N–H and O–H groups in total. The van der Waals surface area contributed by atoms with Crippen molar-refractivity contribution >= 4 is 5.91 Å². The van der Waals surface area contributed by atoms with Gasteiger partial charge in [0.05, 0.1) is 18.8 Å². The van der Waals surface area contributed by atoms with E-state index in [9.17, 15) is 14.3 Å². The van der Waals surface area contributed by atoms with Crippen LogP contribution in [0, 0.1) is 11.7 Å². The molecule has 1 aromatic rings. The highest BCUT2D eigenvalue weighted by atomic mass is 19.1. The lowest BCUT2D eigenvalue weighted by Crippen LogP contribution is -2.39. The van der Waals surface area contributed by atoms with Crippen LogP contribution in [0.1, 0.15) is 25.3 Å². The zero-order chi connectivity index (χ0) is 16.1. The SMILES string of the molecule is COC[C@@H]1C[C@@H](O)CN1C(=O)CC(C)Cc1cccc(F)c1. The molecule has 1 heterocycles. The van der Waals surface area contributed by atoms with Crippen LogP contribution < -0.4 is 0 Å². The Morgan fingerprint density at radius 2 is 2.32 bits per heavy atom. The van der Waals surface area contributed by atoms with Crippen molar-refractivity contribution in [3.63, 3.8) is 0 Å². The zero-order valence-corrected chi connectivity index (χ0v) is 13.2. The third kappa shape index (κ3) is 4.52. The minimum atomic E-state index is -0.470. The first-order chi connectivity index (χ1) is 10.5. The van der Waals surface area contributed by atoms with Crippen LogP contribution in [0.2, 0.25) is 0 Å². The van der Waals surface area contributed by atoms with E-state index in [1.807, 2.05) is 13.0 Å². The third-order valence-electron chi connectivity index (χ3n) is 4.07. The van der Waals surface area contributed by atoms with Gasteiger partial charge in [0.2, 0.25) is 5.91 Å². The van der Waals surface area contributed by atoms with Gasteiger partial charge in [-0.2, -0.15) is 0 Å². The van der Waals surface area contributed by atoms with Crippen LogP contribution in [0.15, 0.2) is 24.3 Å². The molecular formula is C17H24FNO3. The van der Waals surface area contributed by atoms with Gasteiger partial charge in [0.25, 0.3) is 0 Å². The van der Waals surface area contributed by atoms with Gasteiger partial charge in [0.1, 0.15) is 5.82 Å². The lowest BCUT2D eigenvalue weighted by atomic mass is 9.97. The quantitative estimate of drug-likeness (QED) is 0.874. The number of β-amino-alcohol motifs (C(OH)–C–C–N with tert-alkyl or cyclic N) is 1. The molecule has 0 aliphatic carbocycles. The second kappa shape index (κ2) is 7.70. The summed E-state index contributed by atoms with van der Waals surface area (Å²) in [6.07, 6.45) is 1.15. The summed E-state index contributed by atoms with van der Waals surface area (Å²) in [7, 11) is 1.60. The Balaban J connectivity index is 1.90. The Bertz CT molecular complexity index is 508. The standard InChI is InChI=1S/C17H24FNO3/c1-12(6-13-4-3-5-14(18)8-13)7-17(21)19-10-16(20)9-15(19)11-22-2/h3-5,8,12,15-16,20H,6-7,9-11H2,1-2H3/t12?,15-,16+/m0/s1. The number of methoxy groups -OCH3 is 1. The Hall–Kier alpha value is -1.46. The monoisotopic (exact) mass is 309 g/mol. The maximum atomic E-state index is 13.2. The van der Waals surface area contributed by atoms with Gasteiger partial charge in [0.15, 0.2) is 0 Å². The van der Waals surface area contributed by atoms with E-state index in [0.717, 1.165) is 5.56 Å². The summed E-state index contributed by atoms with van der Waals surface area (Å²) in [6.45, 7) is 2.81. The van der Waals surface area contributed by atoms with E-state index in [2.05, 4.69) is 0 Å². The number of amides is 1. The first-order valence-electron chi connectivity index (χ1n) is 7.70. The molecule has 2 rings (SSSR count). The van der Waals surface area contributed by atoms with Crippen LogP contribution in [-0.4, -0.2) is 48.3 Å². The topological polar surface area (TPSA) is 49.8 Å². The fraction of sp³-hybridized carbons (Fsp3) is 0.588. The molecule has 5 heteroatoms. The van der Waals surface area contributed by atoms with Gasteiger partial charge < -0.3 is 14.7 Å². The van der Waals surface area contributed by atoms with Gasteiger partial charge >= 0.3 is 0 Å². The number of likely N-dealkylation sites (tertiary alicyclic amines) is 1. The normalized spacial score (nSPS) is 22.8. The molecule has 122 valence electrons. The predicted octanol–water partition coefficient (Wildman–Crippen LogP) is 2.00. The average Bonchev–Trinajstić information content (AvgIpc) is 2.80. The minimum absolute atomic E-state index is 0.0301. The second-order valence-corrected chi connectivity index (χ2v) is 6.19. The Morgan fingerprint density at radius 1 is 1.55 bits per heavy atom. The van der Waals surface area contributed by atoms with Crippen LogP contribution in [0.5, 0.6) is 0 Å². The average molecular weight is 309 g/mol. The molecule has 1 saturated heterocycles. The molecule has 0 aromatic heterocycles. The van der Waals surface area contributed by atoms with E-state index in [-0.39, 0.29) is 23.7 Å². The van der Waals surface area contributed by atoms with Crippen LogP contribution in [0.4, 0.5) is 4.39 Å². The lowest BCUT2D eigenvalue weighted by Gasteiger charge is -2.25. The van der Waals surface area contributed by atoms with Crippen molar-refractivity contribution in [1.82, 2.24) is 4.90 Å². The molecule has 22 heavy (non-hydrogen) atoms. The van der Waals surface area contributed by atoms with Gasteiger partial charge in [0, 0.05) is 20.1 Å². The molecule has 1 aliphatic rings. The fourth-order valence-corrected chi connectivity index (χ4v) is 3.10. The van der Waals surface area contributed by atoms with Crippen molar-refractivity contribution in [3.8, 4) is 0 Å². The molecule has 1 aromatic carbocycles. The van der Waals surface area contributed by atoms with E-state index >= 15 is 0 Å². The van der Waals surface area contributed by atoms with Gasteiger partial charge in [-0.3, -0.25) is 4.79 Å². The number of aliphatic hydroxyl groups excluding tert-OH is 1. The molecule has 1 unspecified atom stereocenters. The van der Waals surface area contributed by atoms with E-state index in [0.29, 0.717) is 32.4 Å². The highest BCUT2D eigenvalue weighted by Gasteiger charge is 2.34. The smallest absolute Gasteiger partial charge is 0.223 e. The number of nitrogens with zero attached hydrogens (tertiary/aromatic N) is 1. The van der Waals surface area contributed by atoms with Gasteiger partial charge in [-0.05, 0) is 36.5 Å². The number of halogens is 1. The van der Waals surface area contributed by atoms with Crippen LogP contribution >= 0.6 is 0 Å². The van der Waals surface area contributed by atoms with Gasteiger partial charge in [-0.15, -0.1) is 0 Å². The van der Waals surface area contributed by atoms with E-state index in [1.165, 1.54) is 12.1 Å². The number of carbonyl (C=O) groups is 1. The Morgan fingerprint density at radius 3 is 3.00 bits per heavy atom. The van der Waals surface area contributed by atoms with Crippen molar-refractivity contribution in [2.75, 3.05) is 20.3 Å². The summed E-state index contributed by atoms with van der Waals surface area (Å²) in [5.74, 6) is -0.100. The highest BCUT2D eigenvalue weighted by Crippen LogP contribution is 2.22. The molecule has 3 atom stereocenters. The summed E-state index contributed by atoms with van der Waals surface area (Å²) in [5.41, 5.74) is 0.898. The summed E-state index contributed by atoms with van der Waals surface area (Å²) >= 11 is 0. The third-order valence-corrected chi connectivity index (χ3v) is 4.07. The van der Waals surface area contributed by atoms with Gasteiger partial charge in [-0.1, -0.05) is 19.1 Å². The van der Waals surface area contributed by atoms with Crippen molar-refractivity contribution in [2.45, 2.75) is 38.3 Å². The van der Waals surface area contributed by atoms with E-state index in [1.54, 1.807) is 18.1 Å². The van der Waals surface area contributed by atoms with E-state index in [4.69, 9.17) is 4.74 Å². The lowest BCUT2D eigenvalue weighted by molar-refractivity contribution is -0.134. The second-order valence-electron chi connectivity index (χ2n) is 6.19. The summed E-state index contributed by atoms with van der Waals surface area (Å²) in [4.78, 5) is 14.1. The summed E-state index contributed by atoms with van der Waals surface area (Å²) < 4.78 is 18.3. The molecule has 1 aliphatic heterocycles. The van der Waals surface area contributed by atoms with Crippen molar-refractivity contribution < 1.29 is 19.0 Å². The summed E-state index contributed by atoms with van der Waals surface area (Å²) in [6, 6.07) is 6.44. The summed E-state index contributed by atoms with van der Waals surface area (Å²) in [5, 5.41) is 9.75. The molecule has 0 saturated carbocycles. The first kappa shape index (κ1) is 16.9. The Labute approximate surface area is 130 Å². The van der Waals surface area contributed by atoms with E-state index < -0.39 is 6.10 Å².